The molecule has 3 amide bonds. The number of benzene rings is 2. The van der Waals surface area contributed by atoms with Crippen LogP contribution in [0.1, 0.15) is 33.6 Å². The van der Waals surface area contributed by atoms with Gasteiger partial charge in [-0.25, -0.2) is 0 Å². The molecule has 8 nitrogen and oxygen atoms in total. The van der Waals surface area contributed by atoms with Gasteiger partial charge in [0.05, 0.1) is 18.4 Å². The number of anilines is 1. The number of piperidine rings is 1. The van der Waals surface area contributed by atoms with E-state index in [9.17, 15) is 14.4 Å². The lowest BCUT2D eigenvalue weighted by atomic mass is 9.95. The molecular formula is C26H24N4O4. The lowest BCUT2D eigenvalue weighted by molar-refractivity contribution is -0.121. The molecule has 172 valence electrons. The molecule has 34 heavy (non-hydrogen) atoms. The third-order valence-corrected chi connectivity index (χ3v) is 6.37. The molecule has 8 heteroatoms. The molecule has 2 unspecified atom stereocenters. The van der Waals surface area contributed by atoms with Crippen LogP contribution in [-0.2, 0) is 4.79 Å². The number of carbonyl (C=O) groups is 3. The maximum atomic E-state index is 13.5. The van der Waals surface area contributed by atoms with Gasteiger partial charge < -0.3 is 20.3 Å². The van der Waals surface area contributed by atoms with Crippen molar-refractivity contribution in [3.63, 3.8) is 0 Å². The summed E-state index contributed by atoms with van der Waals surface area (Å²) in [7, 11) is 1.61. The third-order valence-electron chi connectivity index (χ3n) is 6.37. The number of carbonyl (C=O) groups excluding carboxylic acids is 3. The van der Waals surface area contributed by atoms with E-state index in [1.165, 1.54) is 0 Å². The van der Waals surface area contributed by atoms with E-state index in [2.05, 4.69) is 15.6 Å². The topological polar surface area (TPSA) is 101 Å². The molecule has 0 aliphatic carbocycles. The van der Waals surface area contributed by atoms with Gasteiger partial charge in [-0.15, -0.1) is 0 Å². The summed E-state index contributed by atoms with van der Waals surface area (Å²) < 4.78 is 5.22. The van der Waals surface area contributed by atoms with Crippen LogP contribution in [0.25, 0.3) is 11.1 Å². The van der Waals surface area contributed by atoms with Crippen LogP contribution in [0.3, 0.4) is 0 Å². The van der Waals surface area contributed by atoms with Gasteiger partial charge in [-0.3, -0.25) is 19.4 Å². The first-order valence-electron chi connectivity index (χ1n) is 11.1. The van der Waals surface area contributed by atoms with E-state index in [-0.39, 0.29) is 23.8 Å². The summed E-state index contributed by atoms with van der Waals surface area (Å²) in [6.45, 7) is 0.379. The van der Waals surface area contributed by atoms with E-state index in [0.717, 1.165) is 16.9 Å². The maximum Gasteiger partial charge on any atom is 0.256 e. The van der Waals surface area contributed by atoms with Gasteiger partial charge in [0.15, 0.2) is 0 Å². The Morgan fingerprint density at radius 2 is 1.79 bits per heavy atom. The molecule has 0 bridgehead atoms. The molecule has 1 saturated heterocycles. The zero-order valence-corrected chi connectivity index (χ0v) is 18.7. The van der Waals surface area contributed by atoms with Gasteiger partial charge in [-0.05, 0) is 60.4 Å². The number of methoxy groups -OCH3 is 1. The largest absolute Gasteiger partial charge is 0.497 e. The van der Waals surface area contributed by atoms with Gasteiger partial charge in [0, 0.05) is 30.5 Å². The van der Waals surface area contributed by atoms with Crippen molar-refractivity contribution < 1.29 is 19.1 Å². The number of fused-ring (bicyclic) bond motifs is 2. The summed E-state index contributed by atoms with van der Waals surface area (Å²) in [6, 6.07) is 15.5. The summed E-state index contributed by atoms with van der Waals surface area (Å²) >= 11 is 0. The number of pyridine rings is 1. The molecule has 2 atom stereocenters. The SMILES string of the molecule is COc1ccc(-c2ccc3c(c2)C(=O)N2CCC(NC(=O)c4ccncc4)CC2C(=O)N3)cc1. The van der Waals surface area contributed by atoms with Crippen LogP contribution in [0.15, 0.2) is 67.0 Å². The van der Waals surface area contributed by atoms with Crippen molar-refractivity contribution in [2.24, 2.45) is 0 Å². The zero-order chi connectivity index (χ0) is 23.7. The zero-order valence-electron chi connectivity index (χ0n) is 18.7. The average molecular weight is 457 g/mol. The van der Waals surface area contributed by atoms with E-state index < -0.39 is 6.04 Å². The fourth-order valence-corrected chi connectivity index (χ4v) is 4.52. The Hall–Kier alpha value is -4.20. The van der Waals surface area contributed by atoms with E-state index in [1.54, 1.807) is 42.6 Å². The highest BCUT2D eigenvalue weighted by Crippen LogP contribution is 2.32. The fraction of sp³-hybridized carbons (Fsp3) is 0.231. The van der Waals surface area contributed by atoms with Crippen molar-refractivity contribution in [1.82, 2.24) is 15.2 Å². The minimum atomic E-state index is -0.652. The summed E-state index contributed by atoms with van der Waals surface area (Å²) in [5.41, 5.74) is 3.29. The van der Waals surface area contributed by atoms with Gasteiger partial charge in [-0.1, -0.05) is 18.2 Å². The van der Waals surface area contributed by atoms with Crippen molar-refractivity contribution in [3.8, 4) is 16.9 Å². The van der Waals surface area contributed by atoms with Crippen LogP contribution < -0.4 is 15.4 Å². The van der Waals surface area contributed by atoms with E-state index in [4.69, 9.17) is 4.74 Å². The fourth-order valence-electron chi connectivity index (χ4n) is 4.52. The van der Waals surface area contributed by atoms with Crippen LogP contribution >= 0.6 is 0 Å². The number of nitrogens with one attached hydrogen (secondary N) is 2. The second-order valence-electron chi connectivity index (χ2n) is 8.42. The maximum absolute atomic E-state index is 13.5. The average Bonchev–Trinajstić information content (AvgIpc) is 2.98. The highest BCUT2D eigenvalue weighted by molar-refractivity contribution is 6.10. The van der Waals surface area contributed by atoms with Crippen LogP contribution in [0.2, 0.25) is 0 Å². The number of rotatable bonds is 4. The monoisotopic (exact) mass is 456 g/mol. The summed E-state index contributed by atoms with van der Waals surface area (Å²) in [5.74, 6) is 0.108. The predicted octanol–water partition coefficient (Wildman–Crippen LogP) is 3.11. The highest BCUT2D eigenvalue weighted by atomic mass is 16.5. The first kappa shape index (κ1) is 21.6. The van der Waals surface area contributed by atoms with Crippen molar-refractivity contribution in [2.45, 2.75) is 24.9 Å². The molecule has 2 aromatic carbocycles. The number of nitrogens with zero attached hydrogens (tertiary/aromatic N) is 2. The predicted molar refractivity (Wildman–Crippen MR) is 127 cm³/mol. The van der Waals surface area contributed by atoms with Gasteiger partial charge in [0.2, 0.25) is 5.91 Å². The Morgan fingerprint density at radius 1 is 1.06 bits per heavy atom. The van der Waals surface area contributed by atoms with Crippen LogP contribution in [0.5, 0.6) is 5.75 Å². The smallest absolute Gasteiger partial charge is 0.256 e. The van der Waals surface area contributed by atoms with Crippen molar-refractivity contribution in [2.75, 3.05) is 19.0 Å². The molecule has 3 aromatic rings. The Balaban J connectivity index is 1.36. The molecule has 0 saturated carbocycles. The molecule has 1 aromatic heterocycles. The normalized spacial score (nSPS) is 19.4. The Kier molecular flexibility index (Phi) is 5.71. The number of amides is 3. The van der Waals surface area contributed by atoms with E-state index >= 15 is 0 Å². The third kappa shape index (κ3) is 4.10. The van der Waals surface area contributed by atoms with Crippen molar-refractivity contribution in [1.29, 1.82) is 0 Å². The lowest BCUT2D eigenvalue weighted by Gasteiger charge is -2.37. The molecule has 2 aliphatic rings. The Bertz CT molecular complexity index is 1240. The Morgan fingerprint density at radius 3 is 2.53 bits per heavy atom. The minimum Gasteiger partial charge on any atom is -0.497 e. The van der Waals surface area contributed by atoms with E-state index in [0.29, 0.717) is 36.2 Å². The van der Waals surface area contributed by atoms with Gasteiger partial charge >= 0.3 is 0 Å². The van der Waals surface area contributed by atoms with Crippen molar-refractivity contribution in [3.05, 3.63) is 78.1 Å². The standard InChI is InChI=1S/C26H24N4O4/c1-34-20-5-2-16(3-6-20)18-4-7-22-21(14-18)26(33)30-13-10-19(15-23(30)25(32)29-22)28-24(31)17-8-11-27-12-9-17/h2-9,11-12,14,19,23H,10,13,15H2,1H3,(H,28,31)(H,29,32). The van der Waals surface area contributed by atoms with Crippen LogP contribution in [0, 0.1) is 0 Å². The number of hydrogen-bond donors (Lipinski definition) is 2. The quantitative estimate of drug-likeness (QED) is 0.628. The molecule has 0 spiro atoms. The molecule has 1 fully saturated rings. The van der Waals surface area contributed by atoms with Crippen molar-refractivity contribution >= 4 is 23.4 Å². The van der Waals surface area contributed by atoms with Gasteiger partial charge in [0.25, 0.3) is 11.8 Å². The number of aromatic nitrogens is 1. The summed E-state index contributed by atoms with van der Waals surface area (Å²) in [4.78, 5) is 44.6. The van der Waals surface area contributed by atoms with Gasteiger partial charge in [0.1, 0.15) is 11.8 Å². The first-order valence-corrected chi connectivity index (χ1v) is 11.1. The molecular weight excluding hydrogens is 432 g/mol. The lowest BCUT2D eigenvalue weighted by Crippen LogP contribution is -2.55. The molecule has 3 heterocycles. The van der Waals surface area contributed by atoms with Crippen LogP contribution in [-0.4, -0.2) is 53.3 Å². The summed E-state index contributed by atoms with van der Waals surface area (Å²) in [6.07, 6.45) is 4.05. The molecule has 2 aliphatic heterocycles. The minimum absolute atomic E-state index is 0.187. The number of hydrogen-bond acceptors (Lipinski definition) is 5. The second kappa shape index (κ2) is 8.97. The second-order valence-corrected chi connectivity index (χ2v) is 8.42. The molecule has 0 radical (unpaired) electrons. The van der Waals surface area contributed by atoms with Gasteiger partial charge in [-0.2, -0.15) is 0 Å². The molecule has 2 N–H and O–H groups in total. The number of ether oxygens (including phenoxy) is 1. The molecule has 5 rings (SSSR count). The highest BCUT2D eigenvalue weighted by Gasteiger charge is 2.40. The Labute approximate surface area is 196 Å². The summed E-state index contributed by atoms with van der Waals surface area (Å²) in [5, 5.41) is 5.90. The van der Waals surface area contributed by atoms with E-state index in [1.807, 2.05) is 36.4 Å². The first-order chi connectivity index (χ1) is 16.5. The van der Waals surface area contributed by atoms with Crippen LogP contribution in [0.4, 0.5) is 5.69 Å².